The number of hydrogen-bond acceptors (Lipinski definition) is 7. The lowest BCUT2D eigenvalue weighted by Crippen LogP contribution is -2.22. The number of carbonyl (C=O) groups excluding carboxylic acids is 3. The van der Waals surface area contributed by atoms with E-state index in [1.165, 1.54) is 23.1 Å². The van der Waals surface area contributed by atoms with Crippen molar-refractivity contribution in [2.45, 2.75) is 50.2 Å². The zero-order chi connectivity index (χ0) is 21.2. The van der Waals surface area contributed by atoms with Crippen molar-refractivity contribution < 1.29 is 19.1 Å². The number of benzene rings is 1. The van der Waals surface area contributed by atoms with E-state index in [-0.39, 0.29) is 29.5 Å². The fraction of sp³-hybridized carbons (Fsp3) is 0.400. The first kappa shape index (κ1) is 22.9. The van der Waals surface area contributed by atoms with Crippen molar-refractivity contribution in [2.75, 3.05) is 17.2 Å². The summed E-state index contributed by atoms with van der Waals surface area (Å²) in [5.74, 6) is -0.521. The van der Waals surface area contributed by atoms with Gasteiger partial charge in [0, 0.05) is 22.4 Å². The van der Waals surface area contributed by atoms with Crippen molar-refractivity contribution in [2.24, 2.45) is 0 Å². The van der Waals surface area contributed by atoms with E-state index in [0.29, 0.717) is 23.9 Å². The van der Waals surface area contributed by atoms with Crippen molar-refractivity contribution in [3.63, 3.8) is 0 Å². The summed E-state index contributed by atoms with van der Waals surface area (Å²) in [6, 6.07) is 7.39. The number of nitrogens with one attached hydrogen (secondary N) is 2. The standard InChI is InChI=1S/C20H25N3O4S2/c1-4-6-17(24)21-14-7-9-16(10-8-14)29-13(3)19(26)23-20-22-15(12-28-20)11-18(25)27-5-2/h7-10,12-13H,4-6,11H2,1-3H3,(H,21,24)(H,22,23,26). The molecular formula is C20H25N3O4S2. The molecule has 7 nitrogen and oxygen atoms in total. The Hall–Kier alpha value is -2.39. The van der Waals surface area contributed by atoms with E-state index >= 15 is 0 Å². The number of rotatable bonds is 10. The summed E-state index contributed by atoms with van der Waals surface area (Å²) in [4.78, 5) is 40.7. The summed E-state index contributed by atoms with van der Waals surface area (Å²) in [5, 5.41) is 7.46. The van der Waals surface area contributed by atoms with Crippen LogP contribution in [0, 0.1) is 0 Å². The maximum Gasteiger partial charge on any atom is 0.311 e. The first-order valence-electron chi connectivity index (χ1n) is 9.38. The van der Waals surface area contributed by atoms with Crippen LogP contribution in [0.3, 0.4) is 0 Å². The van der Waals surface area contributed by atoms with Gasteiger partial charge in [-0.1, -0.05) is 6.92 Å². The molecule has 0 bridgehead atoms. The zero-order valence-electron chi connectivity index (χ0n) is 16.7. The summed E-state index contributed by atoms with van der Waals surface area (Å²) in [5.41, 5.74) is 1.31. The van der Waals surface area contributed by atoms with Crippen LogP contribution in [0.25, 0.3) is 0 Å². The number of thiazole rings is 1. The highest BCUT2D eigenvalue weighted by atomic mass is 32.2. The molecule has 0 aliphatic carbocycles. The van der Waals surface area contributed by atoms with Gasteiger partial charge in [-0.15, -0.1) is 23.1 Å². The lowest BCUT2D eigenvalue weighted by atomic mass is 10.3. The van der Waals surface area contributed by atoms with Crippen molar-refractivity contribution >= 4 is 51.7 Å². The average molecular weight is 436 g/mol. The minimum Gasteiger partial charge on any atom is -0.466 e. The van der Waals surface area contributed by atoms with Gasteiger partial charge in [0.15, 0.2) is 5.13 Å². The molecule has 1 aromatic heterocycles. The fourth-order valence-corrected chi connectivity index (χ4v) is 3.92. The van der Waals surface area contributed by atoms with E-state index in [4.69, 9.17) is 4.74 Å². The van der Waals surface area contributed by atoms with Gasteiger partial charge < -0.3 is 15.4 Å². The number of amides is 2. The van der Waals surface area contributed by atoms with E-state index in [9.17, 15) is 14.4 Å². The Morgan fingerprint density at radius 2 is 1.90 bits per heavy atom. The summed E-state index contributed by atoms with van der Waals surface area (Å²) < 4.78 is 4.89. The quantitative estimate of drug-likeness (QED) is 0.431. The van der Waals surface area contributed by atoms with Gasteiger partial charge in [0.1, 0.15) is 0 Å². The Morgan fingerprint density at radius 3 is 2.55 bits per heavy atom. The monoisotopic (exact) mass is 435 g/mol. The Balaban J connectivity index is 1.85. The molecular weight excluding hydrogens is 410 g/mol. The predicted octanol–water partition coefficient (Wildman–Crippen LogP) is 4.11. The molecule has 0 spiro atoms. The van der Waals surface area contributed by atoms with Crippen LogP contribution in [0.5, 0.6) is 0 Å². The fourth-order valence-electron chi connectivity index (χ4n) is 2.34. The molecule has 1 atom stereocenters. The van der Waals surface area contributed by atoms with Crippen LogP contribution in [0.15, 0.2) is 34.5 Å². The van der Waals surface area contributed by atoms with E-state index in [2.05, 4.69) is 15.6 Å². The molecule has 0 saturated carbocycles. The van der Waals surface area contributed by atoms with Crippen LogP contribution in [-0.4, -0.2) is 34.6 Å². The zero-order valence-corrected chi connectivity index (χ0v) is 18.3. The Morgan fingerprint density at radius 1 is 1.17 bits per heavy atom. The molecule has 1 heterocycles. The topological polar surface area (TPSA) is 97.4 Å². The molecule has 156 valence electrons. The van der Waals surface area contributed by atoms with Gasteiger partial charge in [0.05, 0.1) is 24.0 Å². The number of esters is 1. The SMILES string of the molecule is CCCC(=O)Nc1ccc(SC(C)C(=O)Nc2nc(CC(=O)OCC)cs2)cc1. The van der Waals surface area contributed by atoms with Gasteiger partial charge in [-0.05, 0) is 44.5 Å². The van der Waals surface area contributed by atoms with E-state index < -0.39 is 0 Å². The molecule has 29 heavy (non-hydrogen) atoms. The maximum atomic E-state index is 12.4. The molecule has 2 aromatic rings. The number of anilines is 2. The summed E-state index contributed by atoms with van der Waals surface area (Å²) >= 11 is 2.68. The van der Waals surface area contributed by atoms with Crippen molar-refractivity contribution in [1.82, 2.24) is 4.98 Å². The third-order valence-electron chi connectivity index (χ3n) is 3.71. The Labute approximate surface area is 178 Å². The molecule has 1 unspecified atom stereocenters. The first-order chi connectivity index (χ1) is 13.9. The van der Waals surface area contributed by atoms with Gasteiger partial charge in [0.25, 0.3) is 0 Å². The Kier molecular flexibility index (Phi) is 9.14. The van der Waals surface area contributed by atoms with Crippen LogP contribution in [0.2, 0.25) is 0 Å². The molecule has 0 aliphatic rings. The van der Waals surface area contributed by atoms with Crippen LogP contribution in [0.4, 0.5) is 10.8 Å². The van der Waals surface area contributed by atoms with E-state index in [0.717, 1.165) is 17.0 Å². The Bertz CT molecular complexity index is 837. The molecule has 9 heteroatoms. The van der Waals surface area contributed by atoms with Crippen molar-refractivity contribution in [1.29, 1.82) is 0 Å². The van der Waals surface area contributed by atoms with Crippen LogP contribution in [0.1, 0.15) is 39.3 Å². The van der Waals surface area contributed by atoms with Gasteiger partial charge in [-0.2, -0.15) is 0 Å². The highest BCUT2D eigenvalue weighted by molar-refractivity contribution is 8.00. The van der Waals surface area contributed by atoms with Gasteiger partial charge in [-0.25, -0.2) is 4.98 Å². The molecule has 0 saturated heterocycles. The van der Waals surface area contributed by atoms with Gasteiger partial charge in [-0.3, -0.25) is 14.4 Å². The average Bonchev–Trinajstić information content (AvgIpc) is 3.10. The van der Waals surface area contributed by atoms with Crippen LogP contribution >= 0.6 is 23.1 Å². The molecule has 2 amide bonds. The minimum absolute atomic E-state index is 0.00794. The summed E-state index contributed by atoms with van der Waals surface area (Å²) in [7, 11) is 0. The van der Waals surface area contributed by atoms with Crippen molar-refractivity contribution in [3.05, 3.63) is 35.3 Å². The second-order valence-corrected chi connectivity index (χ2v) is 8.47. The molecule has 0 fully saturated rings. The molecule has 2 rings (SSSR count). The van der Waals surface area contributed by atoms with Crippen LogP contribution in [-0.2, 0) is 25.5 Å². The summed E-state index contributed by atoms with van der Waals surface area (Å²) in [6.45, 7) is 5.84. The maximum absolute atomic E-state index is 12.4. The lowest BCUT2D eigenvalue weighted by molar-refractivity contribution is -0.142. The van der Waals surface area contributed by atoms with Gasteiger partial charge in [0.2, 0.25) is 11.8 Å². The number of aromatic nitrogens is 1. The predicted molar refractivity (Wildman–Crippen MR) is 116 cm³/mol. The smallest absolute Gasteiger partial charge is 0.311 e. The molecule has 1 aromatic carbocycles. The number of hydrogen-bond donors (Lipinski definition) is 2. The van der Waals surface area contributed by atoms with Crippen LogP contribution < -0.4 is 10.6 Å². The largest absolute Gasteiger partial charge is 0.466 e. The van der Waals surface area contributed by atoms with E-state index in [1.807, 2.05) is 38.1 Å². The van der Waals surface area contributed by atoms with E-state index in [1.54, 1.807) is 12.3 Å². The number of ether oxygens (including phenoxy) is 1. The third-order valence-corrected chi connectivity index (χ3v) is 5.63. The third kappa shape index (κ3) is 7.86. The molecule has 0 radical (unpaired) electrons. The second kappa shape index (κ2) is 11.6. The molecule has 2 N–H and O–H groups in total. The summed E-state index contributed by atoms with van der Waals surface area (Å²) in [6.07, 6.45) is 1.38. The lowest BCUT2D eigenvalue weighted by Gasteiger charge is -2.11. The second-order valence-electron chi connectivity index (χ2n) is 6.20. The normalized spacial score (nSPS) is 11.6. The highest BCUT2D eigenvalue weighted by Gasteiger charge is 2.17. The van der Waals surface area contributed by atoms with Gasteiger partial charge >= 0.3 is 5.97 Å². The number of carbonyl (C=O) groups is 3. The number of nitrogens with zero attached hydrogens (tertiary/aromatic N) is 1. The first-order valence-corrected chi connectivity index (χ1v) is 11.1. The molecule has 0 aliphatic heterocycles. The highest BCUT2D eigenvalue weighted by Crippen LogP contribution is 2.26. The minimum atomic E-state index is -0.340. The number of thioether (sulfide) groups is 1. The van der Waals surface area contributed by atoms with Crippen molar-refractivity contribution in [3.8, 4) is 0 Å².